The highest BCUT2D eigenvalue weighted by atomic mass is 35.5. The first-order chi connectivity index (χ1) is 24.4. The van der Waals surface area contributed by atoms with Crippen LogP contribution in [0.5, 0.6) is 0 Å². The maximum absolute atomic E-state index is 14.4. The Labute approximate surface area is 310 Å². The van der Waals surface area contributed by atoms with Crippen LogP contribution in [0.15, 0.2) is 48.1 Å². The van der Waals surface area contributed by atoms with Crippen LogP contribution in [0.4, 0.5) is 15.3 Å². The lowest BCUT2D eigenvalue weighted by molar-refractivity contribution is -0.202. The number of halogens is 1. The summed E-state index contributed by atoms with van der Waals surface area (Å²) in [7, 11) is 3.13. The summed E-state index contributed by atoms with van der Waals surface area (Å²) >= 11 is 7.58. The van der Waals surface area contributed by atoms with Gasteiger partial charge in [-0.05, 0) is 73.8 Å². The fourth-order valence-electron chi connectivity index (χ4n) is 9.59. The van der Waals surface area contributed by atoms with E-state index < -0.39 is 63.9 Å². The van der Waals surface area contributed by atoms with Crippen LogP contribution >= 0.6 is 11.6 Å². The molecule has 4 aliphatic rings. The molecule has 1 unspecified atom stereocenters. The zero-order valence-electron chi connectivity index (χ0n) is 31.0. The van der Waals surface area contributed by atoms with Crippen molar-refractivity contribution >= 4 is 47.0 Å². The van der Waals surface area contributed by atoms with Crippen molar-refractivity contribution in [2.24, 2.45) is 28.6 Å². The third-order valence-electron chi connectivity index (χ3n) is 12.4. The van der Waals surface area contributed by atoms with E-state index in [9.17, 15) is 29.1 Å². The third-order valence-corrected chi connectivity index (χ3v) is 13.4. The van der Waals surface area contributed by atoms with Gasteiger partial charge < -0.3 is 34.9 Å². The summed E-state index contributed by atoms with van der Waals surface area (Å²) in [6.07, 6.45) is 4.81. The lowest BCUT2D eigenvalue weighted by Gasteiger charge is -2.64. The van der Waals surface area contributed by atoms with Gasteiger partial charge in [-0.3, -0.25) is 14.4 Å². The molecule has 1 aromatic carbocycles. The van der Waals surface area contributed by atoms with Gasteiger partial charge in [0.05, 0.1) is 11.0 Å². The Bertz CT molecular complexity index is 1650. The number of Topliss-reactive ketones (excluding diaryl/α,β-unsaturated/α-hetero) is 1. The molecule has 3 fully saturated rings. The summed E-state index contributed by atoms with van der Waals surface area (Å²) in [5.74, 6) is -2.15. The zero-order chi connectivity index (χ0) is 38.2. The molecule has 52 heavy (non-hydrogen) atoms. The van der Waals surface area contributed by atoms with Crippen molar-refractivity contribution in [3.63, 3.8) is 0 Å². The second-order valence-corrected chi connectivity index (χ2v) is 16.1. The molecule has 3 N–H and O–H groups in total. The Kier molecular flexibility index (Phi) is 11.2. The Morgan fingerprint density at radius 2 is 1.65 bits per heavy atom. The van der Waals surface area contributed by atoms with Gasteiger partial charge in [0.1, 0.15) is 6.61 Å². The molecule has 0 aliphatic heterocycles. The topological polar surface area (TPSA) is 166 Å². The number of hydrogen-bond donors (Lipinski definition) is 2. The summed E-state index contributed by atoms with van der Waals surface area (Å²) < 4.78 is 17.1. The van der Waals surface area contributed by atoms with Gasteiger partial charge in [-0.1, -0.05) is 51.5 Å². The number of nitrogen functional groups attached to an aromatic ring is 1. The van der Waals surface area contributed by atoms with Gasteiger partial charge >= 0.3 is 18.2 Å². The van der Waals surface area contributed by atoms with E-state index in [1.807, 2.05) is 26.8 Å². The minimum Gasteiger partial charge on any atom is -0.450 e. The number of aliphatic hydroxyl groups excluding tert-OH is 1. The highest BCUT2D eigenvalue weighted by molar-refractivity contribution is 6.26. The Balaban J connectivity index is 1.24. The van der Waals surface area contributed by atoms with Gasteiger partial charge in [0.25, 0.3) is 0 Å². The fourth-order valence-corrected chi connectivity index (χ4v) is 10.1. The number of nitrogens with zero attached hydrogens (tertiary/aromatic N) is 2. The van der Waals surface area contributed by atoms with Gasteiger partial charge in [0.15, 0.2) is 18.0 Å². The Morgan fingerprint density at radius 3 is 2.29 bits per heavy atom. The first-order valence-electron chi connectivity index (χ1n) is 18.1. The molecule has 3 saturated carbocycles. The fraction of sp³-hybridized carbons (Fsp3) is 0.615. The number of allylic oxidation sites excluding steroid dienone is 4. The highest BCUT2D eigenvalue weighted by Crippen LogP contribution is 2.72. The van der Waals surface area contributed by atoms with Crippen LogP contribution in [0.25, 0.3) is 0 Å². The van der Waals surface area contributed by atoms with Crippen molar-refractivity contribution in [3.05, 3.63) is 53.6 Å². The third kappa shape index (κ3) is 6.61. The van der Waals surface area contributed by atoms with Gasteiger partial charge in [-0.15, -0.1) is 11.6 Å². The van der Waals surface area contributed by atoms with E-state index in [2.05, 4.69) is 0 Å². The molecule has 0 bridgehead atoms. The van der Waals surface area contributed by atoms with Gasteiger partial charge in [0.2, 0.25) is 5.78 Å². The molecule has 0 aromatic heterocycles. The number of esters is 1. The Hall–Kier alpha value is -3.90. The molecule has 4 aliphatic carbocycles. The molecule has 0 spiro atoms. The number of benzene rings is 1. The largest absolute Gasteiger partial charge is 0.450 e. The molecular formula is C39H52ClN3O9. The van der Waals surface area contributed by atoms with Gasteiger partial charge in [-0.2, -0.15) is 0 Å². The number of fused-ring (bicyclic) bond motifs is 5. The highest BCUT2D eigenvalue weighted by Gasteiger charge is 2.76. The smallest absolute Gasteiger partial charge is 0.409 e. The van der Waals surface area contributed by atoms with Crippen LogP contribution in [0, 0.1) is 28.6 Å². The number of amides is 2. The summed E-state index contributed by atoms with van der Waals surface area (Å²) in [6.45, 7) is 7.37. The van der Waals surface area contributed by atoms with Crippen LogP contribution in [0.1, 0.15) is 71.8 Å². The molecule has 1 aromatic rings. The first kappa shape index (κ1) is 39.3. The van der Waals surface area contributed by atoms with Gasteiger partial charge in [-0.25, -0.2) is 9.59 Å². The number of carbonyl (C=O) groups excluding carboxylic acids is 5. The number of aliphatic hydroxyl groups is 1. The second-order valence-electron chi connectivity index (χ2n) is 15.4. The van der Waals surface area contributed by atoms with Crippen molar-refractivity contribution in [3.8, 4) is 0 Å². The quantitative estimate of drug-likeness (QED) is 0.129. The van der Waals surface area contributed by atoms with E-state index in [0.29, 0.717) is 37.9 Å². The van der Waals surface area contributed by atoms with E-state index in [-0.39, 0.29) is 43.6 Å². The van der Waals surface area contributed by atoms with Crippen molar-refractivity contribution in [1.29, 1.82) is 0 Å². The number of ketones is 2. The van der Waals surface area contributed by atoms with Crippen molar-refractivity contribution in [2.75, 3.05) is 39.5 Å². The van der Waals surface area contributed by atoms with Crippen LogP contribution < -0.4 is 5.73 Å². The predicted molar refractivity (Wildman–Crippen MR) is 194 cm³/mol. The maximum atomic E-state index is 14.4. The van der Waals surface area contributed by atoms with Crippen LogP contribution in [0.3, 0.4) is 0 Å². The summed E-state index contributed by atoms with van der Waals surface area (Å²) in [6, 6.07) is 7.01. The average molecular weight is 742 g/mol. The maximum Gasteiger partial charge on any atom is 0.409 e. The van der Waals surface area contributed by atoms with E-state index in [0.717, 1.165) is 11.1 Å². The monoisotopic (exact) mass is 741 g/mol. The van der Waals surface area contributed by atoms with E-state index >= 15 is 0 Å². The second kappa shape index (κ2) is 14.9. The average Bonchev–Trinajstić information content (AvgIpc) is 3.32. The summed E-state index contributed by atoms with van der Waals surface area (Å²) in [4.78, 5) is 66.9. The minimum absolute atomic E-state index is 0.0326. The number of rotatable bonds is 11. The molecule has 2 amide bonds. The molecular weight excluding hydrogens is 690 g/mol. The molecule has 0 saturated heterocycles. The number of anilines is 1. The van der Waals surface area contributed by atoms with E-state index in [4.69, 9.17) is 31.5 Å². The lowest BCUT2D eigenvalue weighted by atomic mass is 9.45. The standard InChI is InChI=1S/C39H52ClN3O9/c1-7-33(47)52-39(32(46)23-51-35(49)43(6)18-8-17-42(5)34(48)50-22-25-9-12-27(41)13-10-25)24(2)19-30-29-14-11-26-20-28(44)15-16-36(26,3)38(29,40)31(45)21-37(30,39)4/h9-10,12-13,15-16,20,24,29-31,45H,7-8,11,14,17-19,21-23,41H2,1-6H3/t24-,29-,30?,31-,36-,37-,38-,39-/m0/s1. The SMILES string of the molecule is CCC(=O)O[C@]1(C(=O)COC(=O)N(C)CCCN(C)C(=O)OCc2ccc(N)cc2)[C@@H](C)CC2[C@@H]3CCC4=CC(=O)C=C[C@]4(C)[C@@]3(Cl)[C@@H](O)C[C@@]21C. The van der Waals surface area contributed by atoms with Gasteiger partial charge in [0, 0.05) is 56.0 Å². The van der Waals surface area contributed by atoms with Crippen molar-refractivity contribution in [1.82, 2.24) is 9.80 Å². The lowest BCUT2D eigenvalue weighted by Crippen LogP contribution is -2.69. The molecule has 284 valence electrons. The number of alkyl halides is 1. The zero-order valence-corrected chi connectivity index (χ0v) is 31.7. The van der Waals surface area contributed by atoms with Crippen molar-refractivity contribution in [2.45, 2.75) is 89.4 Å². The number of carbonyl (C=O) groups is 5. The van der Waals surface area contributed by atoms with Crippen LogP contribution in [-0.2, 0) is 35.2 Å². The normalized spacial score (nSPS) is 33.2. The first-order valence-corrected chi connectivity index (χ1v) is 18.5. The predicted octanol–water partition coefficient (Wildman–Crippen LogP) is 5.44. The molecule has 0 radical (unpaired) electrons. The number of ether oxygens (including phenoxy) is 3. The number of hydrogen-bond acceptors (Lipinski definition) is 10. The van der Waals surface area contributed by atoms with Crippen molar-refractivity contribution < 1.29 is 43.3 Å². The van der Waals surface area contributed by atoms with E-state index in [1.165, 1.54) is 22.9 Å². The molecule has 5 rings (SSSR count). The summed E-state index contributed by atoms with van der Waals surface area (Å²) in [5.41, 5.74) is 4.53. The Morgan fingerprint density at radius 1 is 1.02 bits per heavy atom. The molecule has 0 heterocycles. The molecule has 12 nitrogen and oxygen atoms in total. The van der Waals surface area contributed by atoms with Crippen LogP contribution in [-0.4, -0.2) is 95.0 Å². The molecule has 13 heteroatoms. The molecule has 8 atom stereocenters. The summed E-state index contributed by atoms with van der Waals surface area (Å²) in [5, 5.41) is 12.0. The van der Waals surface area contributed by atoms with Crippen LogP contribution in [0.2, 0.25) is 0 Å². The minimum atomic E-state index is -1.67. The van der Waals surface area contributed by atoms with E-state index in [1.54, 1.807) is 44.3 Å². The number of nitrogens with two attached hydrogens (primary N) is 1.